The summed E-state index contributed by atoms with van der Waals surface area (Å²) in [5.41, 5.74) is 10.1. The number of rotatable bonds is 0. The predicted octanol–water partition coefficient (Wildman–Crippen LogP) is 10.1. The first-order valence-electron chi connectivity index (χ1n) is 12.6. The van der Waals surface area contributed by atoms with Crippen LogP contribution in [0, 0.1) is 0 Å². The van der Waals surface area contributed by atoms with E-state index in [0.717, 1.165) is 4.47 Å². The second kappa shape index (κ2) is 7.95. The summed E-state index contributed by atoms with van der Waals surface area (Å²) in [5.74, 6) is 0. The van der Waals surface area contributed by atoms with Crippen LogP contribution in [0.4, 0.5) is 0 Å². The zero-order valence-corrected chi connectivity index (χ0v) is 22.3. The van der Waals surface area contributed by atoms with E-state index >= 15 is 0 Å². The van der Waals surface area contributed by atoms with Crippen LogP contribution in [0.5, 0.6) is 0 Å². The van der Waals surface area contributed by atoms with Gasteiger partial charge in [0, 0.05) is 14.3 Å². The van der Waals surface area contributed by atoms with Crippen LogP contribution in [-0.2, 0) is 5.41 Å². The number of hydrogen-bond donors (Lipinski definition) is 0. The van der Waals surface area contributed by atoms with Gasteiger partial charge in [-0.15, -0.1) is 0 Å². The van der Waals surface area contributed by atoms with Gasteiger partial charge < -0.3 is 0 Å². The normalized spacial score (nSPS) is 16.8. The number of fused-ring (bicyclic) bond motifs is 13. The first kappa shape index (κ1) is 21.5. The Labute approximate surface area is 229 Å². The Morgan fingerprint density at radius 3 is 1.97 bits per heavy atom. The average Bonchev–Trinajstić information content (AvgIpc) is 3.05. The highest BCUT2D eigenvalue weighted by atomic mass is 79.9. The highest BCUT2D eigenvalue weighted by Crippen LogP contribution is 2.61. The van der Waals surface area contributed by atoms with E-state index in [1.165, 1.54) is 65.1 Å². The fourth-order valence-electron chi connectivity index (χ4n) is 6.56. The van der Waals surface area contributed by atoms with Crippen LogP contribution in [0.2, 0.25) is 0 Å². The first-order chi connectivity index (χ1) is 18.3. The van der Waals surface area contributed by atoms with Gasteiger partial charge in [0.15, 0.2) is 0 Å². The lowest BCUT2D eigenvalue weighted by Crippen LogP contribution is -2.34. The van der Waals surface area contributed by atoms with Crippen molar-refractivity contribution in [2.45, 2.75) is 15.2 Å². The van der Waals surface area contributed by atoms with Crippen molar-refractivity contribution >= 4 is 38.5 Å². The molecule has 1 heterocycles. The summed E-state index contributed by atoms with van der Waals surface area (Å²) < 4.78 is 1.10. The molecule has 1 aliphatic heterocycles. The zero-order valence-electron chi connectivity index (χ0n) is 19.9. The van der Waals surface area contributed by atoms with Crippen molar-refractivity contribution in [2.75, 3.05) is 0 Å². The molecular formula is C35H21BrS. The first-order valence-corrected chi connectivity index (χ1v) is 14.2. The summed E-state index contributed by atoms with van der Waals surface area (Å²) in [6.45, 7) is 0. The quantitative estimate of drug-likeness (QED) is 0.180. The van der Waals surface area contributed by atoms with E-state index in [1.54, 1.807) is 0 Å². The lowest BCUT2D eigenvalue weighted by atomic mass is 9.63. The molecule has 6 aromatic carbocycles. The van der Waals surface area contributed by atoms with Gasteiger partial charge >= 0.3 is 0 Å². The van der Waals surface area contributed by atoms with Crippen LogP contribution in [0.25, 0.3) is 33.0 Å². The maximum atomic E-state index is 3.81. The van der Waals surface area contributed by atoms with Gasteiger partial charge in [0.05, 0.1) is 5.41 Å². The van der Waals surface area contributed by atoms with Crippen molar-refractivity contribution < 1.29 is 0 Å². The lowest BCUT2D eigenvalue weighted by Gasteiger charge is -2.43. The zero-order chi connectivity index (χ0) is 24.6. The van der Waals surface area contributed by atoms with Crippen LogP contribution in [0.1, 0.15) is 22.3 Å². The Kier molecular flexibility index (Phi) is 4.62. The standard InChI is InChI=1S/C35H21BrS/c36-23-18-20-30-28(21-23)26-12-4-3-11-25(26)27-13-5-6-14-29(27)35(30)31-15-7-8-16-33(31)37-34-24-10-2-1-9-22(24)17-19-32(34)35/h1-21H. The summed E-state index contributed by atoms with van der Waals surface area (Å²) in [4.78, 5) is 2.67. The van der Waals surface area contributed by atoms with Crippen LogP contribution in [-0.4, -0.2) is 0 Å². The van der Waals surface area contributed by atoms with E-state index in [1.807, 2.05) is 11.8 Å². The topological polar surface area (TPSA) is 0 Å². The number of benzene rings is 6. The Morgan fingerprint density at radius 2 is 1.11 bits per heavy atom. The molecule has 0 aromatic heterocycles. The minimum Gasteiger partial charge on any atom is -0.0888 e. The summed E-state index contributed by atoms with van der Waals surface area (Å²) >= 11 is 5.72. The van der Waals surface area contributed by atoms with Crippen LogP contribution in [0.3, 0.4) is 0 Å². The van der Waals surface area contributed by atoms with Gasteiger partial charge in [0.2, 0.25) is 0 Å². The number of hydrogen-bond acceptors (Lipinski definition) is 1. The van der Waals surface area contributed by atoms with E-state index in [2.05, 4.69) is 143 Å². The molecule has 0 amide bonds. The molecule has 0 radical (unpaired) electrons. The van der Waals surface area contributed by atoms with Crippen molar-refractivity contribution in [2.24, 2.45) is 0 Å². The summed E-state index contributed by atoms with van der Waals surface area (Å²) in [5, 5.41) is 2.60. The van der Waals surface area contributed by atoms with E-state index in [9.17, 15) is 0 Å². The van der Waals surface area contributed by atoms with Crippen LogP contribution >= 0.6 is 27.7 Å². The Morgan fingerprint density at radius 1 is 0.486 bits per heavy atom. The molecule has 37 heavy (non-hydrogen) atoms. The van der Waals surface area contributed by atoms with Gasteiger partial charge in [-0.25, -0.2) is 0 Å². The average molecular weight is 554 g/mol. The van der Waals surface area contributed by atoms with Crippen molar-refractivity contribution in [3.63, 3.8) is 0 Å². The highest BCUT2D eigenvalue weighted by molar-refractivity contribution is 9.10. The van der Waals surface area contributed by atoms with Crippen molar-refractivity contribution in [1.29, 1.82) is 0 Å². The summed E-state index contributed by atoms with van der Waals surface area (Å²) in [7, 11) is 0. The fourth-order valence-corrected chi connectivity index (χ4v) is 8.24. The Hall–Kier alpha value is -3.59. The molecule has 1 atom stereocenters. The van der Waals surface area contributed by atoms with Crippen molar-refractivity contribution in [3.8, 4) is 22.3 Å². The summed E-state index contributed by atoms with van der Waals surface area (Å²) in [6, 6.07) is 47.3. The van der Waals surface area contributed by atoms with Gasteiger partial charge in [0.1, 0.15) is 0 Å². The molecule has 1 aliphatic carbocycles. The molecule has 2 aliphatic rings. The summed E-state index contributed by atoms with van der Waals surface area (Å²) in [6.07, 6.45) is 0. The fraction of sp³-hybridized carbons (Fsp3) is 0.0286. The van der Waals surface area contributed by atoms with E-state index in [-0.39, 0.29) is 0 Å². The van der Waals surface area contributed by atoms with Gasteiger partial charge in [-0.3, -0.25) is 0 Å². The van der Waals surface area contributed by atoms with E-state index in [0.29, 0.717) is 0 Å². The van der Waals surface area contributed by atoms with Gasteiger partial charge in [0.25, 0.3) is 0 Å². The predicted molar refractivity (Wildman–Crippen MR) is 159 cm³/mol. The SMILES string of the molecule is Brc1ccc2c(c1)-c1ccccc1-c1ccccc1C21c2ccccc2Sc2c1ccc1ccccc21. The van der Waals surface area contributed by atoms with E-state index < -0.39 is 5.41 Å². The van der Waals surface area contributed by atoms with E-state index in [4.69, 9.17) is 0 Å². The minimum atomic E-state index is -0.452. The third-order valence-electron chi connectivity index (χ3n) is 8.01. The molecule has 0 nitrogen and oxygen atoms in total. The van der Waals surface area contributed by atoms with Crippen molar-refractivity contribution in [1.82, 2.24) is 0 Å². The highest BCUT2D eigenvalue weighted by Gasteiger charge is 2.48. The van der Waals surface area contributed by atoms with Crippen molar-refractivity contribution in [3.05, 3.63) is 154 Å². The molecule has 0 saturated heterocycles. The van der Waals surface area contributed by atoms with Gasteiger partial charge in [-0.2, -0.15) is 0 Å². The molecule has 0 bridgehead atoms. The Bertz CT molecular complexity index is 1890. The molecule has 0 saturated carbocycles. The third kappa shape index (κ3) is 2.86. The molecule has 0 N–H and O–H groups in total. The van der Waals surface area contributed by atoms with Crippen LogP contribution in [0.15, 0.2) is 142 Å². The molecular weight excluding hydrogens is 532 g/mol. The largest absolute Gasteiger partial charge is 0.0888 e. The monoisotopic (exact) mass is 552 g/mol. The molecule has 1 spiro atoms. The second-order valence-electron chi connectivity index (χ2n) is 9.79. The van der Waals surface area contributed by atoms with Gasteiger partial charge in [-0.05, 0) is 73.5 Å². The molecule has 8 rings (SSSR count). The minimum absolute atomic E-state index is 0.452. The molecule has 0 fully saturated rings. The molecule has 2 heteroatoms. The lowest BCUT2D eigenvalue weighted by molar-refractivity contribution is 0.711. The maximum absolute atomic E-state index is 3.81. The van der Waals surface area contributed by atoms with Crippen LogP contribution < -0.4 is 0 Å². The molecule has 174 valence electrons. The second-order valence-corrected chi connectivity index (χ2v) is 11.8. The smallest absolute Gasteiger partial charge is 0.0735 e. The molecule has 1 unspecified atom stereocenters. The number of halogens is 1. The third-order valence-corrected chi connectivity index (χ3v) is 9.72. The van der Waals surface area contributed by atoms with Gasteiger partial charge in [-0.1, -0.05) is 137 Å². The Balaban J connectivity index is 1.66. The maximum Gasteiger partial charge on any atom is 0.0735 e. The molecule has 6 aromatic rings.